The molecule has 7 nitrogen and oxygen atoms in total. The van der Waals surface area contributed by atoms with Gasteiger partial charge in [-0.15, -0.1) is 0 Å². The van der Waals surface area contributed by atoms with Crippen molar-refractivity contribution in [3.63, 3.8) is 0 Å². The normalized spacial score (nSPS) is 18.4. The number of benzene rings is 2. The molecule has 3 aromatic rings. The predicted octanol–water partition coefficient (Wildman–Crippen LogP) is 3.58. The predicted molar refractivity (Wildman–Crippen MR) is 124 cm³/mol. The molecule has 1 fully saturated rings. The van der Waals surface area contributed by atoms with Gasteiger partial charge in [-0.25, -0.2) is 8.42 Å². The number of aromatic nitrogens is 1. The van der Waals surface area contributed by atoms with Gasteiger partial charge in [0.2, 0.25) is 15.6 Å². The minimum atomic E-state index is -3.71. The molecule has 0 aliphatic carbocycles. The van der Waals surface area contributed by atoms with Crippen LogP contribution < -0.4 is 10.9 Å². The molecule has 1 aliphatic heterocycles. The van der Waals surface area contributed by atoms with E-state index in [1.54, 1.807) is 6.07 Å². The van der Waals surface area contributed by atoms with Gasteiger partial charge in [-0.2, -0.15) is 4.31 Å². The molecule has 2 aromatic carbocycles. The third kappa shape index (κ3) is 4.33. The molecular formula is C24H27N3O4S. The van der Waals surface area contributed by atoms with Crippen molar-refractivity contribution in [2.45, 2.75) is 50.1 Å². The highest BCUT2D eigenvalue weighted by molar-refractivity contribution is 7.89. The fraction of sp³-hybridized carbons (Fsp3) is 0.333. The second-order valence-corrected chi connectivity index (χ2v) is 10.2. The Morgan fingerprint density at radius 3 is 2.59 bits per heavy atom. The van der Waals surface area contributed by atoms with E-state index in [0.717, 1.165) is 24.8 Å². The summed E-state index contributed by atoms with van der Waals surface area (Å²) in [6.07, 6.45) is 2.66. The van der Waals surface area contributed by atoms with E-state index >= 15 is 0 Å². The van der Waals surface area contributed by atoms with Crippen LogP contribution in [0.2, 0.25) is 0 Å². The number of hydrogen-bond donors (Lipinski definition) is 2. The maximum absolute atomic E-state index is 13.3. The highest BCUT2D eigenvalue weighted by Gasteiger charge is 2.31. The fourth-order valence-electron chi connectivity index (χ4n) is 4.24. The molecule has 1 aliphatic rings. The SMILES string of the molecule is C[C@@H]1CCCCN1S(=O)(=O)c1ccc2[nH]c(=O)cc(C(=O)N[C@H](C)c3ccccc3)c2c1. The van der Waals surface area contributed by atoms with Gasteiger partial charge in [0.25, 0.3) is 5.91 Å². The number of amides is 1. The van der Waals surface area contributed by atoms with Crippen LogP contribution in [-0.4, -0.2) is 36.2 Å². The number of fused-ring (bicyclic) bond motifs is 1. The molecule has 4 rings (SSSR count). The summed E-state index contributed by atoms with van der Waals surface area (Å²) in [6, 6.07) is 14.9. The average molecular weight is 454 g/mol. The molecule has 0 bridgehead atoms. The number of sulfonamides is 1. The maximum Gasteiger partial charge on any atom is 0.252 e. The van der Waals surface area contributed by atoms with Gasteiger partial charge in [0.05, 0.1) is 16.5 Å². The van der Waals surface area contributed by atoms with Crippen LogP contribution in [0.15, 0.2) is 64.3 Å². The second-order valence-electron chi connectivity index (χ2n) is 8.32. The summed E-state index contributed by atoms with van der Waals surface area (Å²) >= 11 is 0. The van der Waals surface area contributed by atoms with Crippen LogP contribution in [0.25, 0.3) is 10.9 Å². The number of hydrogen-bond acceptors (Lipinski definition) is 4. The van der Waals surface area contributed by atoms with E-state index in [2.05, 4.69) is 10.3 Å². The number of nitrogens with zero attached hydrogens (tertiary/aromatic N) is 1. The zero-order valence-corrected chi connectivity index (χ0v) is 19.0. The summed E-state index contributed by atoms with van der Waals surface area (Å²) in [5.41, 5.74) is 1.07. The lowest BCUT2D eigenvalue weighted by Crippen LogP contribution is -2.41. The van der Waals surface area contributed by atoms with Crippen molar-refractivity contribution < 1.29 is 13.2 Å². The van der Waals surface area contributed by atoms with Gasteiger partial charge in [0.15, 0.2) is 0 Å². The van der Waals surface area contributed by atoms with Crippen LogP contribution in [0.4, 0.5) is 0 Å². The van der Waals surface area contributed by atoms with E-state index in [1.165, 1.54) is 22.5 Å². The summed E-state index contributed by atoms with van der Waals surface area (Å²) in [7, 11) is -3.71. The second kappa shape index (κ2) is 8.88. The number of piperidine rings is 1. The van der Waals surface area contributed by atoms with E-state index in [0.29, 0.717) is 17.4 Å². The van der Waals surface area contributed by atoms with Gasteiger partial charge in [0.1, 0.15) is 0 Å². The van der Waals surface area contributed by atoms with E-state index in [-0.39, 0.29) is 22.5 Å². The molecule has 0 unspecified atom stereocenters. The molecule has 168 valence electrons. The number of rotatable bonds is 5. The number of carbonyl (C=O) groups excluding carboxylic acids is 1. The molecule has 0 radical (unpaired) electrons. The first-order chi connectivity index (χ1) is 15.3. The first kappa shape index (κ1) is 22.2. The van der Waals surface area contributed by atoms with Gasteiger partial charge in [0, 0.05) is 29.6 Å². The Kier molecular flexibility index (Phi) is 6.17. The average Bonchev–Trinajstić information content (AvgIpc) is 2.78. The molecule has 32 heavy (non-hydrogen) atoms. The highest BCUT2D eigenvalue weighted by Crippen LogP contribution is 2.28. The molecule has 2 atom stereocenters. The fourth-order valence-corrected chi connectivity index (χ4v) is 5.97. The van der Waals surface area contributed by atoms with E-state index in [1.807, 2.05) is 44.2 Å². The Bertz CT molecular complexity index is 1300. The maximum atomic E-state index is 13.3. The van der Waals surface area contributed by atoms with Crippen molar-refractivity contribution >= 4 is 26.8 Å². The van der Waals surface area contributed by atoms with Crippen LogP contribution in [0.3, 0.4) is 0 Å². The van der Waals surface area contributed by atoms with Crippen molar-refractivity contribution in [3.8, 4) is 0 Å². The Balaban J connectivity index is 1.73. The Labute approximate surface area is 187 Å². The molecule has 0 saturated carbocycles. The molecule has 1 saturated heterocycles. The number of nitrogens with one attached hydrogen (secondary N) is 2. The Morgan fingerprint density at radius 1 is 1.12 bits per heavy atom. The van der Waals surface area contributed by atoms with Crippen LogP contribution in [-0.2, 0) is 10.0 Å². The van der Waals surface area contributed by atoms with Crippen LogP contribution in [0.5, 0.6) is 0 Å². The van der Waals surface area contributed by atoms with Crippen LogP contribution >= 0.6 is 0 Å². The lowest BCUT2D eigenvalue weighted by Gasteiger charge is -2.32. The van der Waals surface area contributed by atoms with Gasteiger partial charge >= 0.3 is 0 Å². The molecule has 1 amide bonds. The standard InChI is InChI=1S/C24H27N3O4S/c1-16-8-6-7-13-27(16)32(30,31)19-11-12-22-20(14-19)21(15-23(28)26-22)24(29)25-17(2)18-9-4-3-5-10-18/h3-5,9-12,14-17H,6-8,13H2,1-2H3,(H,25,29)(H,26,28)/t16-,17-/m1/s1. The first-order valence-electron chi connectivity index (χ1n) is 10.8. The molecule has 8 heteroatoms. The summed E-state index contributed by atoms with van der Waals surface area (Å²) in [5.74, 6) is -0.432. The van der Waals surface area contributed by atoms with Crippen molar-refractivity contribution in [2.75, 3.05) is 6.54 Å². The lowest BCUT2D eigenvalue weighted by atomic mass is 10.1. The van der Waals surface area contributed by atoms with Crippen molar-refractivity contribution in [1.82, 2.24) is 14.6 Å². The molecule has 2 heterocycles. The number of aromatic amines is 1. The third-order valence-electron chi connectivity index (χ3n) is 6.05. The van der Waals surface area contributed by atoms with Gasteiger partial charge in [-0.1, -0.05) is 36.8 Å². The van der Waals surface area contributed by atoms with Gasteiger partial charge in [-0.05, 0) is 50.5 Å². The zero-order valence-electron chi connectivity index (χ0n) is 18.2. The molecular weight excluding hydrogens is 426 g/mol. The van der Waals surface area contributed by atoms with Crippen molar-refractivity contribution in [1.29, 1.82) is 0 Å². The summed E-state index contributed by atoms with van der Waals surface area (Å²) in [4.78, 5) is 28.1. The third-order valence-corrected chi connectivity index (χ3v) is 8.06. The topological polar surface area (TPSA) is 99.3 Å². The lowest BCUT2D eigenvalue weighted by molar-refractivity contribution is 0.0941. The van der Waals surface area contributed by atoms with Crippen molar-refractivity contribution in [2.24, 2.45) is 0 Å². The van der Waals surface area contributed by atoms with Gasteiger partial charge in [-0.3, -0.25) is 9.59 Å². The summed E-state index contributed by atoms with van der Waals surface area (Å²) < 4.78 is 28.1. The molecule has 2 N–H and O–H groups in total. The molecule has 1 aromatic heterocycles. The quantitative estimate of drug-likeness (QED) is 0.617. The van der Waals surface area contributed by atoms with E-state index < -0.39 is 21.5 Å². The zero-order chi connectivity index (χ0) is 22.9. The van der Waals surface area contributed by atoms with E-state index in [9.17, 15) is 18.0 Å². The minimum absolute atomic E-state index is 0.0745. The number of carbonyl (C=O) groups is 1. The molecule has 0 spiro atoms. The monoisotopic (exact) mass is 453 g/mol. The summed E-state index contributed by atoms with van der Waals surface area (Å²) in [5, 5.41) is 3.31. The first-order valence-corrected chi connectivity index (χ1v) is 12.3. The number of H-pyrrole nitrogens is 1. The highest BCUT2D eigenvalue weighted by atomic mass is 32.2. The minimum Gasteiger partial charge on any atom is -0.345 e. The van der Waals surface area contributed by atoms with Crippen LogP contribution in [0, 0.1) is 0 Å². The van der Waals surface area contributed by atoms with Gasteiger partial charge < -0.3 is 10.3 Å². The van der Waals surface area contributed by atoms with Crippen LogP contribution in [0.1, 0.15) is 55.1 Å². The Morgan fingerprint density at radius 2 is 1.88 bits per heavy atom. The largest absolute Gasteiger partial charge is 0.345 e. The Hall–Kier alpha value is -2.97. The van der Waals surface area contributed by atoms with Crippen molar-refractivity contribution in [3.05, 3.63) is 76.1 Å². The number of pyridine rings is 1. The smallest absolute Gasteiger partial charge is 0.252 e. The summed E-state index contributed by atoms with van der Waals surface area (Å²) in [6.45, 7) is 4.25. The van der Waals surface area contributed by atoms with E-state index in [4.69, 9.17) is 0 Å².